The van der Waals surface area contributed by atoms with Gasteiger partial charge in [-0.1, -0.05) is 46.6 Å². The highest BCUT2D eigenvalue weighted by molar-refractivity contribution is 9.09. The van der Waals surface area contributed by atoms with E-state index in [1.54, 1.807) is 19.1 Å². The highest BCUT2D eigenvalue weighted by atomic mass is 79.9. The minimum Gasteiger partial charge on any atom is -0.466 e. The summed E-state index contributed by atoms with van der Waals surface area (Å²) in [4.78, 5) is 41.6. The lowest BCUT2D eigenvalue weighted by molar-refractivity contribution is -0.155. The van der Waals surface area contributed by atoms with Gasteiger partial charge in [-0.2, -0.15) is 0 Å². The number of nitrogens with one attached hydrogen (secondary N) is 1. The number of fused-ring (bicyclic) bond motifs is 1. The Morgan fingerprint density at radius 3 is 2.76 bits per heavy atom. The highest BCUT2D eigenvalue weighted by Crippen LogP contribution is 2.60. The quantitative estimate of drug-likeness (QED) is 0.405. The fourth-order valence-corrected chi connectivity index (χ4v) is 6.88. The molecule has 2 bridgehead atoms. The second-order valence-corrected chi connectivity index (χ2v) is 10.4. The summed E-state index contributed by atoms with van der Waals surface area (Å²) in [5.41, 5.74) is 0.0163. The van der Waals surface area contributed by atoms with Crippen molar-refractivity contribution in [2.24, 2.45) is 11.8 Å². The van der Waals surface area contributed by atoms with E-state index in [-0.39, 0.29) is 23.9 Å². The summed E-state index contributed by atoms with van der Waals surface area (Å²) in [6.45, 7) is 5.23. The molecule has 3 aliphatic heterocycles. The van der Waals surface area contributed by atoms with Gasteiger partial charge in [0.1, 0.15) is 11.6 Å². The number of nitrogens with zero attached hydrogens (tertiary/aromatic N) is 1. The average molecular weight is 544 g/mol. The third-order valence-corrected chi connectivity index (χ3v) is 8.24. The number of para-hydroxylation sites is 1. The molecule has 3 heterocycles. The van der Waals surface area contributed by atoms with Crippen LogP contribution in [0.5, 0.6) is 0 Å². The van der Waals surface area contributed by atoms with Crippen LogP contribution >= 0.6 is 27.5 Å². The van der Waals surface area contributed by atoms with Crippen molar-refractivity contribution in [3.8, 4) is 0 Å². The molecular formula is C23H28BrClN2O6. The van der Waals surface area contributed by atoms with Gasteiger partial charge in [0.25, 0.3) is 0 Å². The monoisotopic (exact) mass is 542 g/mol. The zero-order valence-corrected chi connectivity index (χ0v) is 21.1. The lowest BCUT2D eigenvalue weighted by Gasteiger charge is -2.36. The van der Waals surface area contributed by atoms with Crippen LogP contribution in [0.15, 0.2) is 18.2 Å². The number of rotatable bonds is 7. The number of aryl methyl sites for hydroxylation is 1. The van der Waals surface area contributed by atoms with E-state index in [1.807, 2.05) is 19.9 Å². The van der Waals surface area contributed by atoms with Crippen LogP contribution in [0.25, 0.3) is 0 Å². The maximum Gasteiger partial charge on any atom is 0.312 e. The van der Waals surface area contributed by atoms with Gasteiger partial charge >= 0.3 is 5.97 Å². The molecule has 0 aromatic heterocycles. The summed E-state index contributed by atoms with van der Waals surface area (Å²) in [7, 11) is 0. The van der Waals surface area contributed by atoms with E-state index in [9.17, 15) is 19.5 Å². The average Bonchev–Trinajstić information content (AvgIpc) is 3.36. The predicted octanol–water partition coefficient (Wildman–Crippen LogP) is 2.67. The van der Waals surface area contributed by atoms with Gasteiger partial charge in [-0.25, -0.2) is 0 Å². The summed E-state index contributed by atoms with van der Waals surface area (Å²) in [5.74, 6) is -3.02. The van der Waals surface area contributed by atoms with Crippen LogP contribution in [0.1, 0.15) is 32.3 Å². The van der Waals surface area contributed by atoms with Crippen molar-refractivity contribution in [2.45, 2.75) is 62.2 Å². The first-order chi connectivity index (χ1) is 15.7. The molecule has 3 aliphatic rings. The molecule has 7 atom stereocenters. The van der Waals surface area contributed by atoms with Crippen molar-refractivity contribution in [2.75, 3.05) is 18.5 Å². The second kappa shape index (κ2) is 9.17. The highest BCUT2D eigenvalue weighted by Gasteiger charge is 2.77. The van der Waals surface area contributed by atoms with Gasteiger partial charge in [0.15, 0.2) is 0 Å². The van der Waals surface area contributed by atoms with Crippen LogP contribution in [-0.2, 0) is 23.9 Å². The van der Waals surface area contributed by atoms with E-state index in [2.05, 4.69) is 21.2 Å². The van der Waals surface area contributed by atoms with Crippen molar-refractivity contribution in [3.05, 3.63) is 28.8 Å². The minimum atomic E-state index is -1.21. The fraction of sp³-hybridized carbons (Fsp3) is 0.609. The Labute approximate surface area is 206 Å². The molecule has 3 unspecified atom stereocenters. The molecule has 4 rings (SSSR count). The number of likely N-dealkylation sites (tertiary alicyclic amines) is 1. The van der Waals surface area contributed by atoms with Gasteiger partial charge < -0.3 is 24.8 Å². The number of carbonyl (C=O) groups is 3. The first kappa shape index (κ1) is 24.4. The van der Waals surface area contributed by atoms with Crippen LogP contribution in [0, 0.1) is 18.8 Å². The number of benzene rings is 1. The van der Waals surface area contributed by atoms with Crippen molar-refractivity contribution in [1.29, 1.82) is 0 Å². The molecule has 10 heteroatoms. The van der Waals surface area contributed by atoms with Crippen LogP contribution in [0.4, 0.5) is 5.69 Å². The maximum atomic E-state index is 13.8. The first-order valence-electron chi connectivity index (χ1n) is 11.2. The van der Waals surface area contributed by atoms with Crippen molar-refractivity contribution < 1.29 is 29.0 Å². The van der Waals surface area contributed by atoms with Gasteiger partial charge in [0, 0.05) is 4.83 Å². The topological polar surface area (TPSA) is 105 Å². The van der Waals surface area contributed by atoms with E-state index in [4.69, 9.17) is 21.1 Å². The van der Waals surface area contributed by atoms with E-state index in [0.717, 1.165) is 5.56 Å². The molecule has 1 aromatic rings. The Morgan fingerprint density at radius 1 is 1.42 bits per heavy atom. The molecule has 8 nitrogen and oxygen atoms in total. The number of carbonyl (C=O) groups excluding carboxylic acids is 3. The number of hydrogen-bond donors (Lipinski definition) is 2. The van der Waals surface area contributed by atoms with Crippen LogP contribution < -0.4 is 5.32 Å². The van der Waals surface area contributed by atoms with Crippen molar-refractivity contribution in [1.82, 2.24) is 4.90 Å². The molecule has 180 valence electrons. The summed E-state index contributed by atoms with van der Waals surface area (Å²) in [6.07, 6.45) is 0.235. The van der Waals surface area contributed by atoms with Crippen molar-refractivity contribution in [3.63, 3.8) is 0 Å². The molecule has 0 radical (unpaired) electrons. The lowest BCUT2D eigenvalue weighted by atomic mass is 9.70. The second-order valence-electron chi connectivity index (χ2n) is 8.83. The fourth-order valence-electron chi connectivity index (χ4n) is 5.66. The van der Waals surface area contributed by atoms with E-state index in [1.165, 1.54) is 4.90 Å². The summed E-state index contributed by atoms with van der Waals surface area (Å²) < 4.78 is 11.6. The number of aliphatic hydroxyl groups is 1. The van der Waals surface area contributed by atoms with E-state index >= 15 is 0 Å². The van der Waals surface area contributed by atoms with Gasteiger partial charge in [-0.3, -0.25) is 14.4 Å². The normalized spacial score (nSPS) is 33.2. The SMILES string of the molecule is CCOC(=O)[C@H]1[C@@H]2OC3(CC2Br)C(C(=O)Nc2c(C)cccc2Cl)N([C@@H](CC)CO)C(=O)[C@H]13. The number of hydrogen-bond acceptors (Lipinski definition) is 6. The molecule has 0 saturated carbocycles. The zero-order valence-electron chi connectivity index (χ0n) is 18.7. The largest absolute Gasteiger partial charge is 0.466 e. The smallest absolute Gasteiger partial charge is 0.312 e. The summed E-state index contributed by atoms with van der Waals surface area (Å²) in [6, 6.07) is 3.65. The molecule has 33 heavy (non-hydrogen) atoms. The number of alkyl halides is 1. The van der Waals surface area contributed by atoms with E-state index in [0.29, 0.717) is 23.6 Å². The molecule has 2 N–H and O–H groups in total. The molecular weight excluding hydrogens is 516 g/mol. The Hall–Kier alpha value is -1.68. The minimum absolute atomic E-state index is 0.177. The Kier molecular flexibility index (Phi) is 6.79. The third kappa shape index (κ3) is 3.68. The number of anilines is 1. The first-order valence-corrected chi connectivity index (χ1v) is 12.5. The van der Waals surface area contributed by atoms with Gasteiger partial charge in [-0.05, 0) is 38.3 Å². The van der Waals surface area contributed by atoms with Crippen LogP contribution in [0.3, 0.4) is 0 Å². The number of esters is 1. The molecule has 3 fully saturated rings. The Balaban J connectivity index is 1.79. The molecule has 0 aliphatic carbocycles. The van der Waals surface area contributed by atoms with E-state index < -0.39 is 47.5 Å². The lowest BCUT2D eigenvalue weighted by Crippen LogP contribution is -2.56. The molecule has 1 spiro atoms. The summed E-state index contributed by atoms with van der Waals surface area (Å²) in [5, 5.41) is 13.3. The number of aliphatic hydroxyl groups excluding tert-OH is 1. The molecule has 3 saturated heterocycles. The Bertz CT molecular complexity index is 952. The van der Waals surface area contributed by atoms with Gasteiger partial charge in [0.05, 0.1) is 47.9 Å². The standard InChI is InChI=1S/C23H28BrClN2O6/c1-4-12(10-28)27-19(20(29)26-17-11(3)7-6-8-14(17)25)23-9-13(24)18(33-23)15(16(23)21(27)30)22(31)32-5-2/h6-8,12-13,15-16,18-19,28H,4-5,9-10H2,1-3H3,(H,26,29)/t12-,13?,15+,16-,18+,19?,23?/m0/s1. The molecule has 2 amide bonds. The zero-order chi connectivity index (χ0) is 24.1. The maximum absolute atomic E-state index is 13.8. The van der Waals surface area contributed by atoms with Crippen LogP contribution in [0.2, 0.25) is 5.02 Å². The number of ether oxygens (including phenoxy) is 2. The van der Waals surface area contributed by atoms with Gasteiger partial charge in [-0.15, -0.1) is 0 Å². The summed E-state index contributed by atoms with van der Waals surface area (Å²) >= 11 is 9.94. The number of halogens is 2. The van der Waals surface area contributed by atoms with Crippen LogP contribution in [-0.4, -0.2) is 69.6 Å². The van der Waals surface area contributed by atoms with Crippen molar-refractivity contribution >= 4 is 51.0 Å². The predicted molar refractivity (Wildman–Crippen MR) is 125 cm³/mol. The Morgan fingerprint density at radius 2 is 2.15 bits per heavy atom. The number of amides is 2. The molecule has 1 aromatic carbocycles. The third-order valence-electron chi connectivity index (χ3n) is 7.08. The van der Waals surface area contributed by atoms with Gasteiger partial charge in [0.2, 0.25) is 11.8 Å².